The van der Waals surface area contributed by atoms with Gasteiger partial charge in [0, 0.05) is 12.4 Å². The number of hydrogen-bond donors (Lipinski definition) is 0. The van der Waals surface area contributed by atoms with E-state index in [2.05, 4.69) is 24.9 Å². The maximum atomic E-state index is 13.6. The van der Waals surface area contributed by atoms with Crippen LogP contribution in [0.25, 0.3) is 10.2 Å². The number of para-hydroxylation sites is 2. The van der Waals surface area contributed by atoms with E-state index in [9.17, 15) is 4.79 Å². The van der Waals surface area contributed by atoms with Crippen LogP contribution in [0.3, 0.4) is 0 Å². The Hall–Kier alpha value is -3.45. The Balaban J connectivity index is 1.52. The van der Waals surface area contributed by atoms with Crippen molar-refractivity contribution in [3.8, 4) is 11.5 Å². The third kappa shape index (κ3) is 3.84. The quantitative estimate of drug-likeness (QED) is 0.469. The first-order chi connectivity index (χ1) is 15.1. The maximum Gasteiger partial charge on any atom is 0.273 e. The zero-order valence-corrected chi connectivity index (χ0v) is 18.1. The number of pyridine rings is 1. The van der Waals surface area contributed by atoms with Crippen LogP contribution in [0.15, 0.2) is 60.9 Å². The van der Waals surface area contributed by atoms with Gasteiger partial charge in [0.2, 0.25) is 6.10 Å². The molecule has 31 heavy (non-hydrogen) atoms. The van der Waals surface area contributed by atoms with Gasteiger partial charge in [-0.25, -0.2) is 4.98 Å². The van der Waals surface area contributed by atoms with Crippen LogP contribution in [0.2, 0.25) is 0 Å². The fourth-order valence-electron chi connectivity index (χ4n) is 3.71. The molecule has 2 aromatic carbocycles. The molecule has 0 bridgehead atoms. The average Bonchev–Trinajstić information content (AvgIpc) is 3.21. The van der Waals surface area contributed by atoms with Crippen molar-refractivity contribution < 1.29 is 14.3 Å². The fourth-order valence-corrected chi connectivity index (χ4v) is 4.73. The highest BCUT2D eigenvalue weighted by molar-refractivity contribution is 7.22. The van der Waals surface area contributed by atoms with Crippen molar-refractivity contribution in [1.29, 1.82) is 0 Å². The minimum absolute atomic E-state index is 0.155. The molecule has 2 aromatic heterocycles. The number of thiazole rings is 1. The summed E-state index contributed by atoms with van der Waals surface area (Å²) in [6.45, 7) is 4.63. The molecular weight excluding hydrogens is 410 g/mol. The molecule has 7 heteroatoms. The lowest BCUT2D eigenvalue weighted by Crippen LogP contribution is -2.46. The van der Waals surface area contributed by atoms with Crippen LogP contribution in [-0.4, -0.2) is 28.6 Å². The largest absolute Gasteiger partial charge is 0.485 e. The normalized spacial score (nSPS) is 15.1. The van der Waals surface area contributed by atoms with E-state index < -0.39 is 6.10 Å². The fraction of sp³-hybridized carbons (Fsp3) is 0.208. The number of ether oxygens (including phenoxy) is 2. The summed E-state index contributed by atoms with van der Waals surface area (Å²) in [5, 5.41) is 0.639. The van der Waals surface area contributed by atoms with Crippen LogP contribution < -0.4 is 14.4 Å². The monoisotopic (exact) mass is 431 g/mol. The van der Waals surface area contributed by atoms with E-state index in [1.54, 1.807) is 17.3 Å². The van der Waals surface area contributed by atoms with Crippen LogP contribution in [0, 0.1) is 13.8 Å². The molecule has 1 aliphatic heterocycles. The van der Waals surface area contributed by atoms with Crippen molar-refractivity contribution in [1.82, 2.24) is 9.97 Å². The summed E-state index contributed by atoms with van der Waals surface area (Å²) in [5.41, 5.74) is 4.11. The summed E-state index contributed by atoms with van der Waals surface area (Å²) < 4.78 is 12.9. The van der Waals surface area contributed by atoms with Gasteiger partial charge >= 0.3 is 0 Å². The Morgan fingerprint density at radius 2 is 2.00 bits per heavy atom. The van der Waals surface area contributed by atoms with Crippen LogP contribution in [0.1, 0.15) is 16.7 Å². The summed E-state index contributed by atoms with van der Waals surface area (Å²) in [6.07, 6.45) is 2.73. The highest BCUT2D eigenvalue weighted by Crippen LogP contribution is 2.35. The Labute approximate surface area is 184 Å². The lowest BCUT2D eigenvalue weighted by atomic mass is 10.1. The van der Waals surface area contributed by atoms with Crippen molar-refractivity contribution in [3.63, 3.8) is 0 Å². The molecule has 0 saturated carbocycles. The number of carbonyl (C=O) groups excluding carboxylic acids is 1. The second-order valence-corrected chi connectivity index (χ2v) is 8.55. The average molecular weight is 432 g/mol. The lowest BCUT2D eigenvalue weighted by molar-refractivity contribution is -0.127. The van der Waals surface area contributed by atoms with E-state index in [0.717, 1.165) is 26.9 Å². The van der Waals surface area contributed by atoms with Crippen molar-refractivity contribution >= 4 is 32.6 Å². The number of hydrogen-bond acceptors (Lipinski definition) is 6. The second-order valence-electron chi connectivity index (χ2n) is 7.58. The van der Waals surface area contributed by atoms with Gasteiger partial charge in [-0.2, -0.15) is 0 Å². The van der Waals surface area contributed by atoms with Crippen LogP contribution in [-0.2, 0) is 11.3 Å². The minimum atomic E-state index is -0.749. The van der Waals surface area contributed by atoms with E-state index in [4.69, 9.17) is 14.5 Å². The molecule has 0 fully saturated rings. The van der Waals surface area contributed by atoms with E-state index in [1.807, 2.05) is 42.5 Å². The molecule has 0 saturated heterocycles. The summed E-state index contributed by atoms with van der Waals surface area (Å²) in [5.74, 6) is 1.03. The molecule has 1 amide bonds. The molecule has 4 aromatic rings. The number of fused-ring (bicyclic) bond motifs is 2. The first-order valence-corrected chi connectivity index (χ1v) is 10.9. The summed E-state index contributed by atoms with van der Waals surface area (Å²) in [4.78, 5) is 24.3. The zero-order chi connectivity index (χ0) is 21.4. The van der Waals surface area contributed by atoms with E-state index in [1.165, 1.54) is 11.3 Å². The highest BCUT2D eigenvalue weighted by atomic mass is 32.1. The van der Waals surface area contributed by atoms with Crippen molar-refractivity contribution in [2.75, 3.05) is 11.5 Å². The molecule has 3 heterocycles. The number of aromatic nitrogens is 2. The number of carbonyl (C=O) groups is 1. The van der Waals surface area contributed by atoms with Crippen LogP contribution in [0.4, 0.5) is 5.13 Å². The molecule has 1 aliphatic rings. The van der Waals surface area contributed by atoms with Crippen molar-refractivity contribution in [3.05, 3.63) is 77.6 Å². The van der Waals surface area contributed by atoms with E-state index >= 15 is 0 Å². The predicted octanol–water partition coefficient (Wildman–Crippen LogP) is 4.68. The maximum absolute atomic E-state index is 13.6. The number of aryl methyl sites for hydroxylation is 2. The molecule has 156 valence electrons. The molecule has 6 nitrogen and oxygen atoms in total. The van der Waals surface area contributed by atoms with Crippen molar-refractivity contribution in [2.45, 2.75) is 26.5 Å². The Morgan fingerprint density at radius 1 is 1.16 bits per heavy atom. The van der Waals surface area contributed by atoms with Crippen LogP contribution in [0.5, 0.6) is 11.5 Å². The van der Waals surface area contributed by atoms with E-state index in [0.29, 0.717) is 23.2 Å². The Kier molecular flexibility index (Phi) is 5.03. The molecule has 1 unspecified atom stereocenters. The molecule has 5 rings (SSSR count). The molecule has 0 aliphatic carbocycles. The van der Waals surface area contributed by atoms with Crippen LogP contribution >= 0.6 is 11.3 Å². The van der Waals surface area contributed by atoms with Gasteiger partial charge in [-0.05, 0) is 54.8 Å². The molecule has 0 spiro atoms. The van der Waals surface area contributed by atoms with Gasteiger partial charge in [0.1, 0.15) is 6.61 Å². The topological polar surface area (TPSA) is 64.6 Å². The highest BCUT2D eigenvalue weighted by Gasteiger charge is 2.33. The SMILES string of the molecule is Cc1cc(C)c2sc(N(Cc3cccnc3)C(=O)C3COc4ccccc4O3)nc2c1. The molecule has 0 radical (unpaired) electrons. The first kappa shape index (κ1) is 19.5. The zero-order valence-electron chi connectivity index (χ0n) is 17.2. The first-order valence-electron chi connectivity index (χ1n) is 10.0. The van der Waals surface area contributed by atoms with Gasteiger partial charge in [0.25, 0.3) is 5.91 Å². The summed E-state index contributed by atoms with van der Waals surface area (Å²) in [7, 11) is 0. The smallest absolute Gasteiger partial charge is 0.273 e. The number of anilines is 1. The van der Waals surface area contributed by atoms with Gasteiger partial charge in [0.05, 0.1) is 16.8 Å². The van der Waals surface area contributed by atoms with Crippen molar-refractivity contribution in [2.24, 2.45) is 0 Å². The Morgan fingerprint density at radius 3 is 2.81 bits per heavy atom. The van der Waals surface area contributed by atoms with Gasteiger partial charge in [-0.15, -0.1) is 0 Å². The van der Waals surface area contributed by atoms with Gasteiger partial charge in [0.15, 0.2) is 16.6 Å². The van der Waals surface area contributed by atoms with Gasteiger partial charge < -0.3 is 9.47 Å². The molecular formula is C24H21N3O3S. The Bertz CT molecular complexity index is 1260. The molecule has 0 N–H and O–H groups in total. The summed E-state index contributed by atoms with van der Waals surface area (Å²) in [6, 6.07) is 15.4. The number of nitrogens with zero attached hydrogens (tertiary/aromatic N) is 3. The predicted molar refractivity (Wildman–Crippen MR) is 121 cm³/mol. The number of rotatable bonds is 4. The number of amides is 1. The second kappa shape index (κ2) is 8.00. The third-order valence-corrected chi connectivity index (χ3v) is 6.38. The summed E-state index contributed by atoms with van der Waals surface area (Å²) >= 11 is 1.52. The van der Waals surface area contributed by atoms with Gasteiger partial charge in [-0.1, -0.05) is 35.6 Å². The number of benzene rings is 2. The minimum Gasteiger partial charge on any atom is -0.485 e. The lowest BCUT2D eigenvalue weighted by Gasteiger charge is -2.29. The third-order valence-electron chi connectivity index (χ3n) is 5.15. The van der Waals surface area contributed by atoms with E-state index in [-0.39, 0.29) is 12.5 Å². The standard InChI is InChI=1S/C24H21N3O3S/c1-15-10-16(2)22-18(11-15)26-24(31-22)27(13-17-6-5-9-25-12-17)23(28)21-14-29-19-7-3-4-8-20(19)30-21/h3-12,21H,13-14H2,1-2H3. The molecule has 1 atom stereocenters. The van der Waals surface area contributed by atoms with Gasteiger partial charge in [-0.3, -0.25) is 14.7 Å².